The molecular formula is C14H14FN3O3. The lowest BCUT2D eigenvalue weighted by Gasteiger charge is -2.08. The summed E-state index contributed by atoms with van der Waals surface area (Å²) < 4.78 is 20.4. The van der Waals surface area contributed by atoms with Gasteiger partial charge in [-0.15, -0.1) is 5.10 Å². The Morgan fingerprint density at radius 1 is 1.52 bits per heavy atom. The lowest BCUT2D eigenvalue weighted by molar-refractivity contribution is 0.0689. The summed E-state index contributed by atoms with van der Waals surface area (Å²) in [6.45, 7) is 0.155. The van der Waals surface area contributed by atoms with Crippen molar-refractivity contribution < 1.29 is 19.0 Å². The summed E-state index contributed by atoms with van der Waals surface area (Å²) in [5.41, 5.74) is 0.962. The first-order chi connectivity index (χ1) is 10.1. The number of methoxy groups -OCH3 is 1. The Kier molecular flexibility index (Phi) is 3.32. The maximum atomic E-state index is 14.0. The Morgan fingerprint density at radius 3 is 2.86 bits per heavy atom. The van der Waals surface area contributed by atoms with Gasteiger partial charge in [0.1, 0.15) is 11.6 Å². The van der Waals surface area contributed by atoms with Crippen molar-refractivity contribution in [1.82, 2.24) is 15.0 Å². The Hall–Kier alpha value is -2.44. The molecule has 1 fully saturated rings. The van der Waals surface area contributed by atoms with Gasteiger partial charge in [-0.25, -0.2) is 13.9 Å². The molecule has 3 rings (SSSR count). The summed E-state index contributed by atoms with van der Waals surface area (Å²) in [6.07, 6.45) is 1.83. The molecule has 0 saturated heterocycles. The summed E-state index contributed by atoms with van der Waals surface area (Å²) in [4.78, 5) is 11.2. The smallest absolute Gasteiger partial charge is 0.358 e. The third-order valence-electron chi connectivity index (χ3n) is 3.52. The summed E-state index contributed by atoms with van der Waals surface area (Å²) >= 11 is 0. The fraction of sp³-hybridized carbons (Fsp3) is 0.357. The third kappa shape index (κ3) is 2.58. The molecule has 0 radical (unpaired) electrons. The summed E-state index contributed by atoms with van der Waals surface area (Å²) in [5, 5.41) is 16.7. The van der Waals surface area contributed by atoms with Crippen molar-refractivity contribution >= 4 is 5.97 Å². The van der Waals surface area contributed by atoms with E-state index < -0.39 is 11.8 Å². The number of carboxylic acid groups (broad SMARTS) is 1. The summed E-state index contributed by atoms with van der Waals surface area (Å²) in [6, 6.07) is 4.55. The van der Waals surface area contributed by atoms with Gasteiger partial charge in [0, 0.05) is 17.5 Å². The van der Waals surface area contributed by atoms with Crippen LogP contribution in [0.2, 0.25) is 0 Å². The number of aromatic carboxylic acids is 1. The van der Waals surface area contributed by atoms with Crippen LogP contribution in [0, 0.1) is 5.82 Å². The van der Waals surface area contributed by atoms with Crippen molar-refractivity contribution in [3.05, 3.63) is 41.0 Å². The van der Waals surface area contributed by atoms with E-state index in [0.29, 0.717) is 17.0 Å². The molecule has 1 N–H and O–H groups in total. The molecule has 0 amide bonds. The van der Waals surface area contributed by atoms with Crippen molar-refractivity contribution in [3.8, 4) is 5.75 Å². The SMILES string of the molecule is COc1ccc(Cn2nnc(C(=O)O)c2C2CC2)c(F)c1. The van der Waals surface area contributed by atoms with E-state index in [1.807, 2.05) is 0 Å². The highest BCUT2D eigenvalue weighted by Crippen LogP contribution is 2.41. The van der Waals surface area contributed by atoms with E-state index >= 15 is 0 Å². The van der Waals surface area contributed by atoms with E-state index in [-0.39, 0.29) is 18.2 Å². The Labute approximate surface area is 120 Å². The number of rotatable bonds is 5. The Bertz CT molecular complexity index is 695. The van der Waals surface area contributed by atoms with Crippen LogP contribution in [-0.4, -0.2) is 33.2 Å². The maximum absolute atomic E-state index is 14.0. The van der Waals surface area contributed by atoms with Crippen LogP contribution < -0.4 is 4.74 Å². The Morgan fingerprint density at radius 2 is 2.29 bits per heavy atom. The monoisotopic (exact) mass is 291 g/mol. The zero-order valence-corrected chi connectivity index (χ0v) is 11.4. The molecule has 2 aromatic rings. The van der Waals surface area contributed by atoms with Crippen LogP contribution >= 0.6 is 0 Å². The number of benzene rings is 1. The predicted octanol–water partition coefficient (Wildman–Crippen LogP) is 2.05. The molecule has 110 valence electrons. The van der Waals surface area contributed by atoms with E-state index in [1.54, 1.807) is 12.1 Å². The molecule has 21 heavy (non-hydrogen) atoms. The minimum Gasteiger partial charge on any atom is -0.497 e. The van der Waals surface area contributed by atoms with E-state index in [9.17, 15) is 9.18 Å². The molecule has 1 saturated carbocycles. The van der Waals surface area contributed by atoms with Gasteiger partial charge in [0.2, 0.25) is 0 Å². The van der Waals surface area contributed by atoms with Crippen LogP contribution in [-0.2, 0) is 6.54 Å². The van der Waals surface area contributed by atoms with Crippen LogP contribution in [0.25, 0.3) is 0 Å². The molecule has 1 aliphatic rings. The first kappa shape index (κ1) is 13.5. The van der Waals surface area contributed by atoms with Gasteiger partial charge in [0.05, 0.1) is 19.3 Å². The first-order valence-electron chi connectivity index (χ1n) is 6.59. The van der Waals surface area contributed by atoms with Crippen molar-refractivity contribution in [2.45, 2.75) is 25.3 Å². The summed E-state index contributed by atoms with van der Waals surface area (Å²) in [7, 11) is 1.47. The first-order valence-corrected chi connectivity index (χ1v) is 6.59. The maximum Gasteiger partial charge on any atom is 0.358 e. The van der Waals surface area contributed by atoms with Crippen LogP contribution in [0.3, 0.4) is 0 Å². The van der Waals surface area contributed by atoms with Crippen LogP contribution in [0.5, 0.6) is 5.75 Å². The van der Waals surface area contributed by atoms with Crippen molar-refractivity contribution in [1.29, 1.82) is 0 Å². The molecule has 6 nitrogen and oxygen atoms in total. The second kappa shape index (κ2) is 5.16. The van der Waals surface area contributed by atoms with Crippen LogP contribution in [0.4, 0.5) is 4.39 Å². The van der Waals surface area contributed by atoms with E-state index in [0.717, 1.165) is 12.8 Å². The quantitative estimate of drug-likeness (QED) is 0.912. The van der Waals surface area contributed by atoms with Gasteiger partial charge in [-0.05, 0) is 18.9 Å². The highest BCUT2D eigenvalue weighted by Gasteiger charge is 2.33. The van der Waals surface area contributed by atoms with Crippen LogP contribution in [0.1, 0.15) is 40.5 Å². The van der Waals surface area contributed by atoms with E-state index in [2.05, 4.69) is 10.3 Å². The average Bonchev–Trinajstić information content (AvgIpc) is 3.21. The number of carboxylic acids is 1. The topological polar surface area (TPSA) is 77.2 Å². The molecule has 0 spiro atoms. The standard InChI is InChI=1S/C14H14FN3O3/c1-21-10-5-4-9(11(15)6-10)7-18-13(8-2-3-8)12(14(19)20)16-17-18/h4-6,8H,2-3,7H2,1H3,(H,19,20). The second-order valence-electron chi connectivity index (χ2n) is 5.02. The van der Waals surface area contributed by atoms with Gasteiger partial charge in [0.25, 0.3) is 0 Å². The number of halogens is 1. The number of nitrogens with zero attached hydrogens (tertiary/aromatic N) is 3. The molecule has 0 bridgehead atoms. The van der Waals surface area contributed by atoms with Crippen LogP contribution in [0.15, 0.2) is 18.2 Å². The number of hydrogen-bond acceptors (Lipinski definition) is 4. The highest BCUT2D eigenvalue weighted by atomic mass is 19.1. The third-order valence-corrected chi connectivity index (χ3v) is 3.52. The largest absolute Gasteiger partial charge is 0.497 e. The van der Waals surface area contributed by atoms with Gasteiger partial charge in [-0.3, -0.25) is 0 Å². The molecule has 0 atom stereocenters. The lowest BCUT2D eigenvalue weighted by atomic mass is 10.1. The van der Waals surface area contributed by atoms with Crippen molar-refractivity contribution in [2.24, 2.45) is 0 Å². The van der Waals surface area contributed by atoms with Gasteiger partial charge in [-0.2, -0.15) is 0 Å². The average molecular weight is 291 g/mol. The zero-order chi connectivity index (χ0) is 15.0. The second-order valence-corrected chi connectivity index (χ2v) is 5.02. The number of ether oxygens (including phenoxy) is 1. The van der Waals surface area contributed by atoms with Gasteiger partial charge < -0.3 is 9.84 Å². The number of hydrogen-bond donors (Lipinski definition) is 1. The molecule has 1 aromatic heterocycles. The zero-order valence-electron chi connectivity index (χ0n) is 11.4. The molecule has 1 heterocycles. The van der Waals surface area contributed by atoms with E-state index in [4.69, 9.17) is 9.84 Å². The molecule has 0 aliphatic heterocycles. The van der Waals surface area contributed by atoms with Gasteiger partial charge in [-0.1, -0.05) is 11.3 Å². The molecule has 0 unspecified atom stereocenters. The number of aromatic nitrogens is 3. The predicted molar refractivity (Wildman–Crippen MR) is 71.0 cm³/mol. The van der Waals surface area contributed by atoms with Crippen molar-refractivity contribution in [3.63, 3.8) is 0 Å². The molecule has 1 aromatic carbocycles. The van der Waals surface area contributed by atoms with Gasteiger partial charge >= 0.3 is 5.97 Å². The lowest BCUT2D eigenvalue weighted by Crippen LogP contribution is -2.09. The normalized spacial score (nSPS) is 14.2. The molecule has 7 heteroatoms. The minimum absolute atomic E-state index is 0.0357. The fourth-order valence-corrected chi connectivity index (χ4v) is 2.29. The fourth-order valence-electron chi connectivity index (χ4n) is 2.29. The van der Waals surface area contributed by atoms with Gasteiger partial charge in [0.15, 0.2) is 5.69 Å². The molecular weight excluding hydrogens is 277 g/mol. The Balaban J connectivity index is 1.93. The highest BCUT2D eigenvalue weighted by molar-refractivity contribution is 5.86. The summed E-state index contributed by atoms with van der Waals surface area (Å²) in [5.74, 6) is -0.919. The number of carbonyl (C=O) groups is 1. The molecule has 1 aliphatic carbocycles. The van der Waals surface area contributed by atoms with E-state index in [1.165, 1.54) is 17.9 Å². The van der Waals surface area contributed by atoms with Crippen molar-refractivity contribution in [2.75, 3.05) is 7.11 Å². The minimum atomic E-state index is -1.10.